The van der Waals surface area contributed by atoms with E-state index in [-0.39, 0.29) is 67.9 Å². The van der Waals surface area contributed by atoms with Crippen LogP contribution in [0.3, 0.4) is 0 Å². The molecule has 0 unspecified atom stereocenters. The largest absolute Gasteiger partial charge is 0.508 e. The first-order chi connectivity index (χ1) is 33.8. The standard InChI is InChI=1S/C52H71N7O11S/c1-32(2)14-12-20-44(63)54-39(28-36-21-23-38(62)24-22-36)47(65)57-42(30-60)49(67)55-40(27-35-15-8-6-9-16-35)48(66)56-41(26-33(3)4)52(70)59-25-13-19-43(59)50(68)58-46(34(5)61)51(69)53-29-45(64)71-31-37-17-10-7-11-18-37/h6-11,15-18,21-24,32-34,39-43,46,60-62H,12-14,19-20,25-31H2,1-5H3,(H,53,69)(H,54,63)(H,55,67)(H,56,66)(H,57,65)(H,58,68)/t34-,39+,40+,41-,42-,43+,46+/m1/s1. The van der Waals surface area contributed by atoms with E-state index < -0.39 is 84.4 Å². The Kier molecular flexibility index (Phi) is 23.5. The van der Waals surface area contributed by atoms with Crippen molar-refractivity contribution < 1.29 is 53.7 Å². The molecule has 3 aromatic carbocycles. The van der Waals surface area contributed by atoms with Crippen LogP contribution in [0.4, 0.5) is 0 Å². The van der Waals surface area contributed by atoms with Crippen molar-refractivity contribution in [2.24, 2.45) is 11.8 Å². The van der Waals surface area contributed by atoms with Gasteiger partial charge >= 0.3 is 0 Å². The molecule has 4 rings (SSSR count). The van der Waals surface area contributed by atoms with Gasteiger partial charge in [-0.3, -0.25) is 38.4 Å². The average Bonchev–Trinajstić information content (AvgIpc) is 3.84. The van der Waals surface area contributed by atoms with E-state index in [2.05, 4.69) is 31.9 Å². The van der Waals surface area contributed by atoms with Gasteiger partial charge in [-0.1, -0.05) is 119 Å². The Labute approximate surface area is 420 Å². The quantitative estimate of drug-likeness (QED) is 0.0533. The van der Waals surface area contributed by atoms with Crippen molar-refractivity contribution in [2.75, 3.05) is 19.7 Å². The van der Waals surface area contributed by atoms with Crippen molar-refractivity contribution in [3.8, 4) is 5.75 Å². The lowest BCUT2D eigenvalue weighted by atomic mass is 10.00. The number of phenols is 1. The molecule has 9 N–H and O–H groups in total. The molecule has 7 atom stereocenters. The number of likely N-dealkylation sites (tertiary alicyclic amines) is 1. The first-order valence-corrected chi connectivity index (χ1v) is 25.2. The maximum absolute atomic E-state index is 14.4. The Hall–Kier alpha value is -6.31. The second kappa shape index (κ2) is 29.1. The molecular formula is C52H71N7O11S. The van der Waals surface area contributed by atoms with Gasteiger partial charge in [-0.15, -0.1) is 0 Å². The average molecular weight is 1000 g/mol. The Morgan fingerprint density at radius 3 is 1.79 bits per heavy atom. The molecule has 0 radical (unpaired) electrons. The Bertz CT molecular complexity index is 2230. The van der Waals surface area contributed by atoms with E-state index in [1.54, 1.807) is 42.5 Å². The fourth-order valence-corrected chi connectivity index (χ4v) is 8.69. The number of carbonyl (C=O) groups is 8. The molecule has 0 saturated carbocycles. The van der Waals surface area contributed by atoms with Crippen LogP contribution in [0.5, 0.6) is 5.75 Å². The van der Waals surface area contributed by atoms with Crippen LogP contribution in [0, 0.1) is 11.8 Å². The van der Waals surface area contributed by atoms with E-state index in [1.165, 1.54) is 24.0 Å². The highest BCUT2D eigenvalue weighted by Gasteiger charge is 2.40. The fraction of sp³-hybridized carbons (Fsp3) is 0.500. The Balaban J connectivity index is 1.47. The number of carbonyl (C=O) groups excluding carboxylic acids is 8. The molecule has 1 saturated heterocycles. The van der Waals surface area contributed by atoms with Gasteiger partial charge in [-0.05, 0) is 73.3 Å². The van der Waals surface area contributed by atoms with Gasteiger partial charge in [-0.2, -0.15) is 0 Å². The first kappa shape index (κ1) is 57.3. The van der Waals surface area contributed by atoms with Gasteiger partial charge in [0.15, 0.2) is 0 Å². The third kappa shape index (κ3) is 19.4. The lowest BCUT2D eigenvalue weighted by molar-refractivity contribution is -0.143. The van der Waals surface area contributed by atoms with E-state index in [4.69, 9.17) is 0 Å². The number of benzene rings is 3. The normalized spacial score (nSPS) is 15.9. The number of aliphatic hydroxyl groups is 2. The van der Waals surface area contributed by atoms with E-state index in [1.807, 2.05) is 58.0 Å². The molecule has 7 amide bonds. The molecule has 18 nitrogen and oxygen atoms in total. The van der Waals surface area contributed by atoms with Crippen LogP contribution in [0.15, 0.2) is 84.9 Å². The lowest BCUT2D eigenvalue weighted by Gasteiger charge is -2.31. The zero-order valence-electron chi connectivity index (χ0n) is 41.2. The monoisotopic (exact) mass is 1000 g/mol. The molecule has 1 aliphatic rings. The Morgan fingerprint density at radius 1 is 0.662 bits per heavy atom. The van der Waals surface area contributed by atoms with Crippen molar-refractivity contribution in [3.63, 3.8) is 0 Å². The number of hydrogen-bond donors (Lipinski definition) is 9. The number of aliphatic hydroxyl groups excluding tert-OH is 2. The SMILES string of the molecule is CC(C)CCCC(=O)N[C@@H](Cc1ccc(O)cc1)C(=O)N[C@H](CO)C(=O)N[C@@H](Cc1ccccc1)C(=O)N[C@H](CC(C)C)C(=O)N1CCC[C@H]1C(=O)N[C@H](C(=O)NCC(=O)SCc1ccccc1)[C@@H](C)O. The summed E-state index contributed by atoms with van der Waals surface area (Å²) in [5, 5.41) is 46.2. The molecule has 19 heteroatoms. The number of aromatic hydroxyl groups is 1. The minimum absolute atomic E-state index is 0.000500. The van der Waals surface area contributed by atoms with Crippen molar-refractivity contribution in [1.29, 1.82) is 0 Å². The molecule has 0 aromatic heterocycles. The predicted molar refractivity (Wildman–Crippen MR) is 269 cm³/mol. The number of rotatable bonds is 27. The van der Waals surface area contributed by atoms with Gasteiger partial charge in [0.05, 0.1) is 19.3 Å². The number of hydrogen-bond acceptors (Lipinski definition) is 12. The second-order valence-corrected chi connectivity index (χ2v) is 19.8. The third-order valence-electron chi connectivity index (χ3n) is 11.8. The predicted octanol–water partition coefficient (Wildman–Crippen LogP) is 2.41. The molecule has 0 bridgehead atoms. The summed E-state index contributed by atoms with van der Waals surface area (Å²) in [7, 11) is 0. The van der Waals surface area contributed by atoms with Crippen LogP contribution in [0.1, 0.15) is 89.8 Å². The van der Waals surface area contributed by atoms with Gasteiger partial charge in [0, 0.05) is 31.6 Å². The fourth-order valence-electron chi connectivity index (χ4n) is 7.99. The molecule has 0 spiro atoms. The van der Waals surface area contributed by atoms with Crippen LogP contribution in [0.2, 0.25) is 0 Å². The summed E-state index contributed by atoms with van der Waals surface area (Å²) in [5.41, 5.74) is 2.17. The number of nitrogens with zero attached hydrogens (tertiary/aromatic N) is 1. The lowest BCUT2D eigenvalue weighted by Crippen LogP contribution is -2.61. The summed E-state index contributed by atoms with van der Waals surface area (Å²) >= 11 is 1.01. The smallest absolute Gasteiger partial charge is 0.245 e. The minimum Gasteiger partial charge on any atom is -0.508 e. The molecule has 1 heterocycles. The number of nitrogens with one attached hydrogen (secondary N) is 6. The van der Waals surface area contributed by atoms with Gasteiger partial charge in [-0.25, -0.2) is 0 Å². The van der Waals surface area contributed by atoms with Crippen LogP contribution in [-0.2, 0) is 57.0 Å². The van der Waals surface area contributed by atoms with Gasteiger partial charge in [0.1, 0.15) is 42.0 Å². The topological polar surface area (TPSA) is 273 Å². The molecule has 1 fully saturated rings. The summed E-state index contributed by atoms with van der Waals surface area (Å²) < 4.78 is 0. The van der Waals surface area contributed by atoms with Crippen LogP contribution >= 0.6 is 11.8 Å². The third-order valence-corrected chi connectivity index (χ3v) is 12.8. The molecule has 386 valence electrons. The highest BCUT2D eigenvalue weighted by molar-refractivity contribution is 8.13. The van der Waals surface area contributed by atoms with E-state index in [9.17, 15) is 53.7 Å². The molecular weight excluding hydrogens is 931 g/mol. The minimum atomic E-state index is -1.57. The maximum Gasteiger partial charge on any atom is 0.245 e. The van der Waals surface area contributed by atoms with E-state index in [0.29, 0.717) is 35.6 Å². The van der Waals surface area contributed by atoms with Crippen molar-refractivity contribution in [2.45, 2.75) is 134 Å². The second-order valence-electron chi connectivity index (χ2n) is 18.7. The first-order valence-electron chi connectivity index (χ1n) is 24.2. The molecule has 1 aliphatic heterocycles. The summed E-state index contributed by atoms with van der Waals surface area (Å²) in [5.74, 6) is -4.28. The summed E-state index contributed by atoms with van der Waals surface area (Å²) in [6.07, 6.45) is 0.902. The molecule has 71 heavy (non-hydrogen) atoms. The Morgan fingerprint density at radius 2 is 1.21 bits per heavy atom. The molecule has 3 aromatic rings. The number of thioether (sulfide) groups is 1. The highest BCUT2D eigenvalue weighted by atomic mass is 32.2. The van der Waals surface area contributed by atoms with Crippen LogP contribution in [-0.4, -0.2) is 129 Å². The maximum atomic E-state index is 14.4. The highest BCUT2D eigenvalue weighted by Crippen LogP contribution is 2.22. The summed E-state index contributed by atoms with van der Waals surface area (Å²) in [6.45, 7) is 8.00. The van der Waals surface area contributed by atoms with Gasteiger partial charge in [0.25, 0.3) is 0 Å². The zero-order chi connectivity index (χ0) is 52.0. The number of phenolic OH excluding ortho intramolecular Hbond substituents is 1. The van der Waals surface area contributed by atoms with Crippen molar-refractivity contribution in [3.05, 3.63) is 102 Å². The van der Waals surface area contributed by atoms with E-state index >= 15 is 0 Å². The van der Waals surface area contributed by atoms with Gasteiger partial charge < -0.3 is 52.1 Å². The molecule has 0 aliphatic carbocycles. The zero-order valence-corrected chi connectivity index (χ0v) is 42.0. The summed E-state index contributed by atoms with van der Waals surface area (Å²) in [4.78, 5) is 110. The summed E-state index contributed by atoms with van der Waals surface area (Å²) in [6, 6.07) is 16.3. The van der Waals surface area contributed by atoms with Crippen molar-refractivity contribution in [1.82, 2.24) is 36.8 Å². The number of amides is 7. The van der Waals surface area contributed by atoms with Crippen molar-refractivity contribution >= 4 is 58.2 Å². The van der Waals surface area contributed by atoms with Crippen LogP contribution < -0.4 is 31.9 Å². The van der Waals surface area contributed by atoms with E-state index in [0.717, 1.165) is 23.7 Å². The van der Waals surface area contributed by atoms with Gasteiger partial charge in [0.2, 0.25) is 46.5 Å². The van der Waals surface area contributed by atoms with Crippen LogP contribution in [0.25, 0.3) is 0 Å².